The van der Waals surface area contributed by atoms with Crippen molar-refractivity contribution in [3.8, 4) is 17.5 Å². The van der Waals surface area contributed by atoms with Gasteiger partial charge in [-0.3, -0.25) is 4.79 Å². The summed E-state index contributed by atoms with van der Waals surface area (Å²) in [6, 6.07) is 17.1. The van der Waals surface area contributed by atoms with Gasteiger partial charge in [0.05, 0.1) is 11.3 Å². The number of ether oxygens (including phenoxy) is 1. The molecule has 0 unspecified atom stereocenters. The number of aromatic nitrogens is 2. The van der Waals surface area contributed by atoms with Gasteiger partial charge in [-0.05, 0) is 42.8 Å². The molecule has 0 saturated heterocycles. The third-order valence-corrected chi connectivity index (χ3v) is 3.94. The standard InChI is InChI=1S/C22H21N3O2/c1-27-16-6-13-23-22(26)20-11-12-21(25-15-5-14-24-25)19(17-20)10-9-18-7-3-2-4-8-18/h2-5,7-8,11-12,14-15,17H,6,13,16H2,1H3,(H,23,26). The van der Waals surface area contributed by atoms with Crippen molar-refractivity contribution in [3.05, 3.63) is 83.7 Å². The summed E-state index contributed by atoms with van der Waals surface area (Å²) in [5.41, 5.74) is 3.06. The van der Waals surface area contributed by atoms with E-state index in [9.17, 15) is 4.79 Å². The van der Waals surface area contributed by atoms with Crippen molar-refractivity contribution in [2.24, 2.45) is 0 Å². The number of methoxy groups -OCH3 is 1. The van der Waals surface area contributed by atoms with Gasteiger partial charge >= 0.3 is 0 Å². The third kappa shape index (κ3) is 5.06. The number of hydrogen-bond donors (Lipinski definition) is 1. The molecule has 27 heavy (non-hydrogen) atoms. The molecule has 136 valence electrons. The van der Waals surface area contributed by atoms with Crippen LogP contribution < -0.4 is 5.32 Å². The molecule has 0 atom stereocenters. The van der Waals surface area contributed by atoms with E-state index in [1.807, 2.05) is 48.7 Å². The summed E-state index contributed by atoms with van der Waals surface area (Å²) in [5.74, 6) is 6.20. The van der Waals surface area contributed by atoms with Crippen LogP contribution in [0.1, 0.15) is 27.9 Å². The largest absolute Gasteiger partial charge is 0.385 e. The zero-order valence-electron chi connectivity index (χ0n) is 15.2. The van der Waals surface area contributed by atoms with Gasteiger partial charge in [-0.2, -0.15) is 5.10 Å². The Morgan fingerprint density at radius 3 is 2.74 bits per heavy atom. The fraction of sp³-hybridized carbons (Fsp3) is 0.182. The lowest BCUT2D eigenvalue weighted by Gasteiger charge is -2.09. The molecule has 0 spiro atoms. The lowest BCUT2D eigenvalue weighted by Crippen LogP contribution is -2.25. The Hall–Kier alpha value is -3.36. The lowest BCUT2D eigenvalue weighted by atomic mass is 10.1. The summed E-state index contributed by atoms with van der Waals surface area (Å²) in [4.78, 5) is 12.4. The number of carbonyl (C=O) groups is 1. The molecule has 3 aromatic rings. The van der Waals surface area contributed by atoms with E-state index in [0.717, 1.165) is 23.2 Å². The normalized spacial score (nSPS) is 10.1. The third-order valence-electron chi connectivity index (χ3n) is 3.94. The van der Waals surface area contributed by atoms with Crippen LogP contribution in [0, 0.1) is 11.8 Å². The molecule has 0 bridgehead atoms. The van der Waals surface area contributed by atoms with Crippen LogP contribution in [0.5, 0.6) is 0 Å². The Morgan fingerprint density at radius 1 is 1.15 bits per heavy atom. The average Bonchev–Trinajstić information content (AvgIpc) is 3.25. The maximum absolute atomic E-state index is 12.4. The minimum absolute atomic E-state index is 0.124. The molecular weight excluding hydrogens is 338 g/mol. The van der Waals surface area contributed by atoms with Crippen LogP contribution in [0.15, 0.2) is 67.0 Å². The first kappa shape index (κ1) is 18.4. The molecule has 5 heteroatoms. The van der Waals surface area contributed by atoms with E-state index in [1.165, 1.54) is 0 Å². The fourth-order valence-electron chi connectivity index (χ4n) is 2.57. The second-order valence-corrected chi connectivity index (χ2v) is 5.90. The van der Waals surface area contributed by atoms with Crippen molar-refractivity contribution in [1.29, 1.82) is 0 Å². The van der Waals surface area contributed by atoms with Gasteiger partial charge in [0.1, 0.15) is 0 Å². The zero-order valence-corrected chi connectivity index (χ0v) is 15.2. The second-order valence-electron chi connectivity index (χ2n) is 5.90. The highest BCUT2D eigenvalue weighted by atomic mass is 16.5. The van der Waals surface area contributed by atoms with E-state index in [0.29, 0.717) is 18.7 Å². The van der Waals surface area contributed by atoms with Crippen LogP contribution >= 0.6 is 0 Å². The first-order valence-electron chi connectivity index (χ1n) is 8.76. The fourth-order valence-corrected chi connectivity index (χ4v) is 2.57. The van der Waals surface area contributed by atoms with Crippen molar-refractivity contribution < 1.29 is 9.53 Å². The Labute approximate surface area is 159 Å². The Bertz CT molecular complexity index is 939. The number of carbonyl (C=O) groups excluding carboxylic acids is 1. The number of benzene rings is 2. The summed E-state index contributed by atoms with van der Waals surface area (Å²) in [7, 11) is 1.65. The summed E-state index contributed by atoms with van der Waals surface area (Å²) >= 11 is 0. The molecule has 2 aromatic carbocycles. The van der Waals surface area contributed by atoms with Gasteiger partial charge in [0.25, 0.3) is 5.91 Å². The molecular formula is C22H21N3O2. The lowest BCUT2D eigenvalue weighted by molar-refractivity contribution is 0.0948. The van der Waals surface area contributed by atoms with E-state index >= 15 is 0 Å². The van der Waals surface area contributed by atoms with E-state index in [1.54, 1.807) is 30.1 Å². The predicted octanol–water partition coefficient (Wildman–Crippen LogP) is 3.04. The molecule has 0 aliphatic rings. The van der Waals surface area contributed by atoms with Gasteiger partial charge in [-0.15, -0.1) is 0 Å². The topological polar surface area (TPSA) is 56.1 Å². The van der Waals surface area contributed by atoms with E-state index < -0.39 is 0 Å². The summed E-state index contributed by atoms with van der Waals surface area (Å²) in [6.45, 7) is 1.19. The van der Waals surface area contributed by atoms with Crippen LogP contribution in [0.25, 0.3) is 5.69 Å². The quantitative estimate of drug-likeness (QED) is 0.544. The van der Waals surface area contributed by atoms with Crippen LogP contribution in [0.3, 0.4) is 0 Å². The average molecular weight is 359 g/mol. The molecule has 1 heterocycles. The Balaban J connectivity index is 1.88. The monoisotopic (exact) mass is 359 g/mol. The predicted molar refractivity (Wildman–Crippen MR) is 105 cm³/mol. The van der Waals surface area contributed by atoms with Crippen molar-refractivity contribution in [2.45, 2.75) is 6.42 Å². The summed E-state index contributed by atoms with van der Waals surface area (Å²) in [5, 5.41) is 7.18. The molecule has 1 amide bonds. The van der Waals surface area contributed by atoms with Crippen LogP contribution in [-0.2, 0) is 4.74 Å². The van der Waals surface area contributed by atoms with E-state index in [-0.39, 0.29) is 5.91 Å². The van der Waals surface area contributed by atoms with E-state index in [2.05, 4.69) is 22.3 Å². The number of amides is 1. The molecule has 0 fully saturated rings. The number of rotatable bonds is 6. The Kier molecular flexibility index (Phi) is 6.40. The maximum Gasteiger partial charge on any atom is 0.251 e. The maximum atomic E-state index is 12.4. The highest BCUT2D eigenvalue weighted by Gasteiger charge is 2.10. The minimum Gasteiger partial charge on any atom is -0.385 e. The summed E-state index contributed by atoms with van der Waals surface area (Å²) in [6.07, 6.45) is 4.34. The number of nitrogens with one attached hydrogen (secondary N) is 1. The SMILES string of the molecule is COCCCNC(=O)c1ccc(-n2cccn2)c(C#Cc2ccccc2)c1. The number of nitrogens with zero attached hydrogens (tertiary/aromatic N) is 2. The molecule has 1 aromatic heterocycles. The van der Waals surface area contributed by atoms with Crippen LogP contribution in [0.2, 0.25) is 0 Å². The highest BCUT2D eigenvalue weighted by Crippen LogP contribution is 2.16. The van der Waals surface area contributed by atoms with Crippen molar-refractivity contribution in [3.63, 3.8) is 0 Å². The zero-order chi connectivity index (χ0) is 18.9. The molecule has 5 nitrogen and oxygen atoms in total. The second kappa shape index (κ2) is 9.37. The smallest absolute Gasteiger partial charge is 0.251 e. The molecule has 0 aliphatic heterocycles. The van der Waals surface area contributed by atoms with Gasteiger partial charge < -0.3 is 10.1 Å². The van der Waals surface area contributed by atoms with Gasteiger partial charge in [0.2, 0.25) is 0 Å². The summed E-state index contributed by atoms with van der Waals surface area (Å²) < 4.78 is 6.75. The van der Waals surface area contributed by atoms with Gasteiger partial charge in [0.15, 0.2) is 0 Å². The molecule has 1 N–H and O–H groups in total. The van der Waals surface area contributed by atoms with Crippen LogP contribution in [0.4, 0.5) is 0 Å². The van der Waals surface area contributed by atoms with E-state index in [4.69, 9.17) is 4.74 Å². The van der Waals surface area contributed by atoms with Crippen molar-refractivity contribution in [2.75, 3.05) is 20.3 Å². The van der Waals surface area contributed by atoms with Gasteiger partial charge in [-0.25, -0.2) is 4.68 Å². The van der Waals surface area contributed by atoms with Crippen molar-refractivity contribution in [1.82, 2.24) is 15.1 Å². The Morgan fingerprint density at radius 2 is 2.00 bits per heavy atom. The molecule has 0 saturated carbocycles. The highest BCUT2D eigenvalue weighted by molar-refractivity contribution is 5.95. The molecule has 0 aliphatic carbocycles. The first-order chi connectivity index (χ1) is 13.3. The molecule has 3 rings (SSSR count). The van der Waals surface area contributed by atoms with Gasteiger partial charge in [-0.1, -0.05) is 30.0 Å². The number of hydrogen-bond acceptors (Lipinski definition) is 3. The van der Waals surface area contributed by atoms with Crippen LogP contribution in [-0.4, -0.2) is 35.9 Å². The minimum atomic E-state index is -0.124. The van der Waals surface area contributed by atoms with Crippen molar-refractivity contribution >= 4 is 5.91 Å². The first-order valence-corrected chi connectivity index (χ1v) is 8.76. The van der Waals surface area contributed by atoms with Gasteiger partial charge in [0, 0.05) is 43.8 Å². The molecule has 0 radical (unpaired) electrons.